The first kappa shape index (κ1) is 20.2. The molecule has 0 fully saturated rings. The van der Waals surface area contributed by atoms with Crippen LogP contribution in [-0.4, -0.2) is 24.5 Å². The van der Waals surface area contributed by atoms with Crippen molar-refractivity contribution in [2.24, 2.45) is 0 Å². The Kier molecular flexibility index (Phi) is 9.16. The van der Waals surface area contributed by atoms with E-state index in [4.69, 9.17) is 0 Å². The van der Waals surface area contributed by atoms with Gasteiger partial charge in [-0.2, -0.15) is 13.2 Å². The predicted molar refractivity (Wildman–Crippen MR) is 95.0 cm³/mol. The fraction of sp³-hybridized carbons (Fsp3) is 0.400. The van der Waals surface area contributed by atoms with Gasteiger partial charge in [-0.3, -0.25) is 0 Å². The van der Waals surface area contributed by atoms with Crippen molar-refractivity contribution in [3.8, 4) is 0 Å². The summed E-state index contributed by atoms with van der Waals surface area (Å²) < 4.78 is 37.4. The number of rotatable bonds is 9. The summed E-state index contributed by atoms with van der Waals surface area (Å²) >= 11 is 0. The minimum Gasteiger partial charge on any atom is -0.300 e. The van der Waals surface area contributed by atoms with E-state index in [0.717, 1.165) is 43.8 Å². The highest BCUT2D eigenvalue weighted by Crippen LogP contribution is 2.29. The standard InChI is InChI=1S/C20H26F3N/c1-3-24(4-2)17-11-9-7-5-6-8-10-12-18-13-15-19(16-14-18)20(21,22)23/h5-6,8-11,13-16H,3-4,7,12,17H2,1-2H3/b6-5-,10-8-,11-9-. The van der Waals surface area contributed by atoms with Crippen LogP contribution < -0.4 is 0 Å². The van der Waals surface area contributed by atoms with Gasteiger partial charge in [-0.25, -0.2) is 0 Å². The van der Waals surface area contributed by atoms with Crippen LogP contribution in [0.1, 0.15) is 31.4 Å². The molecule has 0 heterocycles. The predicted octanol–water partition coefficient (Wildman–Crippen LogP) is 5.65. The molecule has 0 aromatic heterocycles. The summed E-state index contributed by atoms with van der Waals surface area (Å²) in [4.78, 5) is 2.34. The molecule has 0 atom stereocenters. The van der Waals surface area contributed by atoms with Crippen molar-refractivity contribution in [3.05, 3.63) is 71.8 Å². The lowest BCUT2D eigenvalue weighted by atomic mass is 10.1. The number of halogens is 3. The van der Waals surface area contributed by atoms with E-state index in [1.54, 1.807) is 0 Å². The highest BCUT2D eigenvalue weighted by atomic mass is 19.4. The first-order valence-electron chi connectivity index (χ1n) is 8.32. The zero-order chi connectivity index (χ0) is 17.8. The Bertz CT molecular complexity index is 535. The summed E-state index contributed by atoms with van der Waals surface area (Å²) in [7, 11) is 0. The second-order valence-electron chi connectivity index (χ2n) is 5.45. The maximum absolute atomic E-state index is 12.5. The molecule has 1 aromatic carbocycles. The molecule has 0 amide bonds. The molecule has 1 nitrogen and oxygen atoms in total. The van der Waals surface area contributed by atoms with Gasteiger partial charge in [-0.1, -0.05) is 62.4 Å². The molecule has 24 heavy (non-hydrogen) atoms. The van der Waals surface area contributed by atoms with Gasteiger partial charge in [0.05, 0.1) is 5.56 Å². The molecule has 4 heteroatoms. The van der Waals surface area contributed by atoms with Crippen LogP contribution in [0.15, 0.2) is 60.7 Å². The third-order valence-electron chi connectivity index (χ3n) is 3.71. The largest absolute Gasteiger partial charge is 0.416 e. The van der Waals surface area contributed by atoms with Crippen molar-refractivity contribution in [2.45, 2.75) is 32.9 Å². The molecular weight excluding hydrogens is 311 g/mol. The molecule has 0 N–H and O–H groups in total. The summed E-state index contributed by atoms with van der Waals surface area (Å²) in [6.07, 6.45) is 9.44. The van der Waals surface area contributed by atoms with Crippen LogP contribution in [-0.2, 0) is 12.6 Å². The van der Waals surface area contributed by atoms with Crippen LogP contribution in [0.5, 0.6) is 0 Å². The molecule has 132 valence electrons. The topological polar surface area (TPSA) is 3.24 Å². The fourth-order valence-corrected chi connectivity index (χ4v) is 2.15. The van der Waals surface area contributed by atoms with Crippen LogP contribution in [0.3, 0.4) is 0 Å². The molecule has 0 saturated heterocycles. The number of allylic oxidation sites excluding steroid dienone is 5. The van der Waals surface area contributed by atoms with Crippen LogP contribution in [0.4, 0.5) is 13.2 Å². The summed E-state index contributed by atoms with van der Waals surface area (Å²) in [6.45, 7) is 7.40. The second kappa shape index (κ2) is 10.9. The summed E-state index contributed by atoms with van der Waals surface area (Å²) in [6, 6.07) is 5.29. The number of hydrogen-bond donors (Lipinski definition) is 0. The maximum atomic E-state index is 12.5. The van der Waals surface area contributed by atoms with Gasteiger partial charge < -0.3 is 4.90 Å². The third kappa shape index (κ3) is 8.16. The van der Waals surface area contributed by atoms with Crippen LogP contribution in [0.25, 0.3) is 0 Å². The third-order valence-corrected chi connectivity index (χ3v) is 3.71. The van der Waals surface area contributed by atoms with Crippen molar-refractivity contribution in [1.29, 1.82) is 0 Å². The van der Waals surface area contributed by atoms with E-state index in [-0.39, 0.29) is 0 Å². The molecule has 0 aliphatic rings. The smallest absolute Gasteiger partial charge is 0.300 e. The van der Waals surface area contributed by atoms with E-state index < -0.39 is 11.7 Å². The molecule has 0 bridgehead atoms. The second-order valence-corrected chi connectivity index (χ2v) is 5.45. The van der Waals surface area contributed by atoms with E-state index >= 15 is 0 Å². The normalized spacial score (nSPS) is 13.1. The lowest BCUT2D eigenvalue weighted by molar-refractivity contribution is -0.137. The molecule has 0 radical (unpaired) electrons. The fourth-order valence-electron chi connectivity index (χ4n) is 2.15. The lowest BCUT2D eigenvalue weighted by Crippen LogP contribution is -2.22. The highest BCUT2D eigenvalue weighted by Gasteiger charge is 2.29. The molecule has 1 rings (SSSR count). The Labute approximate surface area is 143 Å². The summed E-state index contributed by atoms with van der Waals surface area (Å²) in [5, 5.41) is 0. The van der Waals surface area contributed by atoms with Gasteiger partial charge in [-0.05, 0) is 43.6 Å². The van der Waals surface area contributed by atoms with E-state index in [1.807, 2.05) is 18.2 Å². The van der Waals surface area contributed by atoms with Gasteiger partial charge in [0.2, 0.25) is 0 Å². The Hall–Kier alpha value is -1.81. The molecule has 1 aromatic rings. The van der Waals surface area contributed by atoms with E-state index in [0.29, 0.717) is 6.42 Å². The van der Waals surface area contributed by atoms with Crippen molar-refractivity contribution in [2.75, 3.05) is 19.6 Å². The monoisotopic (exact) mass is 337 g/mol. The number of hydrogen-bond acceptors (Lipinski definition) is 1. The van der Waals surface area contributed by atoms with Crippen LogP contribution in [0.2, 0.25) is 0 Å². The van der Waals surface area contributed by atoms with Crippen molar-refractivity contribution in [1.82, 2.24) is 4.90 Å². The van der Waals surface area contributed by atoms with Crippen molar-refractivity contribution in [3.63, 3.8) is 0 Å². The molecule has 0 aliphatic heterocycles. The first-order chi connectivity index (χ1) is 11.5. The number of likely N-dealkylation sites (N-methyl/N-ethyl adjacent to an activating group) is 1. The Morgan fingerprint density at radius 1 is 0.875 bits per heavy atom. The van der Waals surface area contributed by atoms with Gasteiger partial charge in [0.15, 0.2) is 0 Å². The SMILES string of the molecule is CCN(CC)C/C=C\C/C=C\C=C/Cc1ccc(C(F)(F)F)cc1. The molecular formula is C20H26F3N. The zero-order valence-electron chi connectivity index (χ0n) is 14.4. The van der Waals surface area contributed by atoms with E-state index in [9.17, 15) is 13.2 Å². The van der Waals surface area contributed by atoms with Crippen molar-refractivity contribution >= 4 is 0 Å². The molecule has 0 unspecified atom stereocenters. The van der Waals surface area contributed by atoms with E-state index in [1.165, 1.54) is 12.1 Å². The van der Waals surface area contributed by atoms with Gasteiger partial charge in [0.25, 0.3) is 0 Å². The maximum Gasteiger partial charge on any atom is 0.416 e. The lowest BCUT2D eigenvalue weighted by Gasteiger charge is -2.14. The minimum atomic E-state index is -4.27. The zero-order valence-corrected chi connectivity index (χ0v) is 14.4. The molecule has 0 aliphatic carbocycles. The quantitative estimate of drug-likeness (QED) is 0.416. The van der Waals surface area contributed by atoms with E-state index in [2.05, 4.69) is 37.0 Å². The van der Waals surface area contributed by atoms with Gasteiger partial charge in [0, 0.05) is 6.54 Å². The van der Waals surface area contributed by atoms with Crippen LogP contribution >= 0.6 is 0 Å². The number of benzene rings is 1. The molecule has 0 spiro atoms. The number of nitrogens with zero attached hydrogens (tertiary/aromatic N) is 1. The average Bonchev–Trinajstić information content (AvgIpc) is 2.56. The Balaban J connectivity index is 2.29. The van der Waals surface area contributed by atoms with Gasteiger partial charge in [0.1, 0.15) is 0 Å². The first-order valence-corrected chi connectivity index (χ1v) is 8.32. The summed E-state index contributed by atoms with van der Waals surface area (Å²) in [5.74, 6) is 0. The minimum absolute atomic E-state index is 0.605. The van der Waals surface area contributed by atoms with Gasteiger partial charge >= 0.3 is 6.18 Å². The van der Waals surface area contributed by atoms with Crippen molar-refractivity contribution < 1.29 is 13.2 Å². The molecule has 0 saturated carbocycles. The Morgan fingerprint density at radius 2 is 1.50 bits per heavy atom. The average molecular weight is 337 g/mol. The van der Waals surface area contributed by atoms with Crippen LogP contribution in [0, 0.1) is 0 Å². The Morgan fingerprint density at radius 3 is 2.08 bits per heavy atom. The number of alkyl halides is 3. The van der Waals surface area contributed by atoms with Gasteiger partial charge in [-0.15, -0.1) is 0 Å². The summed E-state index contributed by atoms with van der Waals surface area (Å²) in [5.41, 5.74) is 0.262. The highest BCUT2D eigenvalue weighted by molar-refractivity contribution is 5.26.